The number of amides is 1. The third-order valence-corrected chi connectivity index (χ3v) is 5.49. The van der Waals surface area contributed by atoms with Crippen molar-refractivity contribution in [3.05, 3.63) is 71.5 Å². The highest BCUT2D eigenvalue weighted by atomic mass is 19.1. The molecule has 4 heteroatoms. The van der Waals surface area contributed by atoms with E-state index in [-0.39, 0.29) is 23.7 Å². The Balaban J connectivity index is 1.50. The molecule has 2 aromatic rings. The molecular formula is C22H25FN2O. The monoisotopic (exact) mass is 352 g/mol. The number of likely N-dealkylation sites (tertiary alicyclic amines) is 1. The lowest BCUT2D eigenvalue weighted by Crippen LogP contribution is -2.42. The van der Waals surface area contributed by atoms with Gasteiger partial charge in [0.05, 0.1) is 6.04 Å². The van der Waals surface area contributed by atoms with Gasteiger partial charge < -0.3 is 5.32 Å². The van der Waals surface area contributed by atoms with Crippen molar-refractivity contribution in [3.8, 4) is 0 Å². The van der Waals surface area contributed by atoms with Crippen molar-refractivity contribution in [3.63, 3.8) is 0 Å². The predicted octanol–water partition coefficient (Wildman–Crippen LogP) is 3.91. The molecule has 4 rings (SSSR count). The molecule has 2 aromatic carbocycles. The summed E-state index contributed by atoms with van der Waals surface area (Å²) in [5, 5.41) is 3.14. The van der Waals surface area contributed by atoms with Gasteiger partial charge in [0.15, 0.2) is 0 Å². The van der Waals surface area contributed by atoms with Crippen molar-refractivity contribution >= 4 is 5.91 Å². The van der Waals surface area contributed by atoms with Crippen LogP contribution in [0.15, 0.2) is 54.6 Å². The van der Waals surface area contributed by atoms with Gasteiger partial charge in [-0.25, -0.2) is 4.39 Å². The lowest BCUT2D eigenvalue weighted by Gasteiger charge is -2.37. The van der Waals surface area contributed by atoms with Crippen LogP contribution in [0.1, 0.15) is 42.9 Å². The summed E-state index contributed by atoms with van der Waals surface area (Å²) >= 11 is 0. The standard InChI is InChI=1S/C22H25FN2O/c23-19-8-6-17(7-9-19)21(16-4-2-1-3-5-16)25-14-12-18(13-15-25)22(26)24-20-10-11-20/h1-9,18,20-21H,10-15H2,(H,24,26)/t21-/m0/s1. The van der Waals surface area contributed by atoms with Gasteiger partial charge in [0.2, 0.25) is 5.91 Å². The fourth-order valence-corrected chi connectivity index (χ4v) is 3.86. The smallest absolute Gasteiger partial charge is 0.223 e. The Morgan fingerprint density at radius 2 is 1.54 bits per heavy atom. The molecule has 0 spiro atoms. The van der Waals surface area contributed by atoms with Crippen LogP contribution in [0.25, 0.3) is 0 Å². The van der Waals surface area contributed by atoms with E-state index >= 15 is 0 Å². The molecule has 1 N–H and O–H groups in total. The maximum absolute atomic E-state index is 13.4. The Morgan fingerprint density at radius 3 is 2.15 bits per heavy atom. The second-order valence-corrected chi connectivity index (χ2v) is 7.46. The summed E-state index contributed by atoms with van der Waals surface area (Å²) in [6.45, 7) is 1.75. The number of hydrogen-bond donors (Lipinski definition) is 1. The van der Waals surface area contributed by atoms with Crippen LogP contribution in [0.3, 0.4) is 0 Å². The minimum absolute atomic E-state index is 0.101. The van der Waals surface area contributed by atoms with Crippen LogP contribution in [-0.2, 0) is 4.79 Å². The van der Waals surface area contributed by atoms with Crippen molar-refractivity contribution in [2.75, 3.05) is 13.1 Å². The highest BCUT2D eigenvalue weighted by Gasteiger charge is 2.32. The summed E-state index contributed by atoms with van der Waals surface area (Å²) in [7, 11) is 0. The Bertz CT molecular complexity index is 734. The lowest BCUT2D eigenvalue weighted by atomic mass is 9.91. The first kappa shape index (κ1) is 17.2. The van der Waals surface area contributed by atoms with Gasteiger partial charge in [-0.2, -0.15) is 0 Å². The molecule has 1 saturated heterocycles. The Labute approximate surface area is 154 Å². The van der Waals surface area contributed by atoms with Crippen molar-refractivity contribution in [2.45, 2.75) is 37.8 Å². The first-order valence-electron chi connectivity index (χ1n) is 9.55. The molecule has 2 fully saturated rings. The predicted molar refractivity (Wildman–Crippen MR) is 100 cm³/mol. The van der Waals surface area contributed by atoms with E-state index in [1.54, 1.807) is 0 Å². The first-order chi connectivity index (χ1) is 12.7. The summed E-state index contributed by atoms with van der Waals surface area (Å²) in [4.78, 5) is 14.8. The minimum Gasteiger partial charge on any atom is -0.353 e. The highest BCUT2D eigenvalue weighted by molar-refractivity contribution is 5.79. The third kappa shape index (κ3) is 3.96. The summed E-state index contributed by atoms with van der Waals surface area (Å²) < 4.78 is 13.4. The van der Waals surface area contributed by atoms with Crippen LogP contribution in [0.5, 0.6) is 0 Å². The molecule has 0 radical (unpaired) electrons. The molecule has 3 nitrogen and oxygen atoms in total. The van der Waals surface area contributed by atoms with Gasteiger partial charge in [-0.3, -0.25) is 9.69 Å². The van der Waals surface area contributed by atoms with Gasteiger partial charge >= 0.3 is 0 Å². The van der Waals surface area contributed by atoms with Crippen LogP contribution in [0.4, 0.5) is 4.39 Å². The molecule has 0 bridgehead atoms. The molecule has 1 heterocycles. The van der Waals surface area contributed by atoms with Crippen molar-refractivity contribution in [2.24, 2.45) is 5.92 Å². The van der Waals surface area contributed by atoms with Gasteiger partial charge in [-0.15, -0.1) is 0 Å². The molecule has 1 amide bonds. The zero-order valence-electron chi connectivity index (χ0n) is 14.9. The lowest BCUT2D eigenvalue weighted by molar-refractivity contribution is -0.126. The number of hydrogen-bond acceptors (Lipinski definition) is 2. The van der Waals surface area contributed by atoms with Crippen LogP contribution in [-0.4, -0.2) is 29.9 Å². The Morgan fingerprint density at radius 1 is 0.923 bits per heavy atom. The quantitative estimate of drug-likeness (QED) is 0.885. The maximum atomic E-state index is 13.4. The number of halogens is 1. The number of carbonyl (C=O) groups is 1. The average molecular weight is 352 g/mol. The molecule has 1 aliphatic heterocycles. The molecule has 1 saturated carbocycles. The summed E-state index contributed by atoms with van der Waals surface area (Å²) in [6, 6.07) is 17.7. The second-order valence-electron chi connectivity index (χ2n) is 7.46. The van der Waals surface area contributed by atoms with E-state index in [4.69, 9.17) is 0 Å². The van der Waals surface area contributed by atoms with Crippen LogP contribution in [0, 0.1) is 11.7 Å². The van der Waals surface area contributed by atoms with E-state index < -0.39 is 0 Å². The fourth-order valence-electron chi connectivity index (χ4n) is 3.86. The number of rotatable bonds is 5. The molecule has 0 unspecified atom stereocenters. The van der Waals surface area contributed by atoms with Gasteiger partial charge in [0, 0.05) is 12.0 Å². The topological polar surface area (TPSA) is 32.3 Å². The normalized spacial score (nSPS) is 19.9. The van der Waals surface area contributed by atoms with E-state index in [0.29, 0.717) is 6.04 Å². The molecule has 2 aliphatic rings. The van der Waals surface area contributed by atoms with E-state index in [0.717, 1.165) is 44.3 Å². The van der Waals surface area contributed by atoms with E-state index in [9.17, 15) is 9.18 Å². The van der Waals surface area contributed by atoms with E-state index in [1.165, 1.54) is 17.7 Å². The number of piperidine rings is 1. The van der Waals surface area contributed by atoms with E-state index in [2.05, 4.69) is 22.3 Å². The molecule has 136 valence electrons. The fraction of sp³-hybridized carbons (Fsp3) is 0.409. The summed E-state index contributed by atoms with van der Waals surface area (Å²) in [6.07, 6.45) is 4.02. The van der Waals surface area contributed by atoms with Crippen LogP contribution >= 0.6 is 0 Å². The molecule has 1 atom stereocenters. The zero-order chi connectivity index (χ0) is 17.9. The minimum atomic E-state index is -0.212. The number of benzene rings is 2. The number of nitrogens with one attached hydrogen (secondary N) is 1. The first-order valence-corrected chi connectivity index (χ1v) is 9.55. The molecule has 0 aromatic heterocycles. The van der Waals surface area contributed by atoms with Crippen LogP contribution in [0.2, 0.25) is 0 Å². The maximum Gasteiger partial charge on any atom is 0.223 e. The molecular weight excluding hydrogens is 327 g/mol. The summed E-state index contributed by atoms with van der Waals surface area (Å²) in [5.74, 6) is 0.137. The second kappa shape index (κ2) is 7.58. The average Bonchev–Trinajstić information content (AvgIpc) is 3.49. The SMILES string of the molecule is O=C(NC1CC1)C1CCN([C@@H](c2ccccc2)c2ccc(F)cc2)CC1. The van der Waals surface area contributed by atoms with Gasteiger partial charge in [0.25, 0.3) is 0 Å². The van der Waals surface area contributed by atoms with Crippen LogP contribution < -0.4 is 5.32 Å². The molecule has 26 heavy (non-hydrogen) atoms. The largest absolute Gasteiger partial charge is 0.353 e. The molecule has 1 aliphatic carbocycles. The van der Waals surface area contributed by atoms with Crippen molar-refractivity contribution in [1.29, 1.82) is 0 Å². The number of nitrogens with zero attached hydrogens (tertiary/aromatic N) is 1. The van der Waals surface area contributed by atoms with Gasteiger partial charge in [0.1, 0.15) is 5.82 Å². The highest BCUT2D eigenvalue weighted by Crippen LogP contribution is 2.33. The summed E-state index contributed by atoms with van der Waals surface area (Å²) in [5.41, 5.74) is 2.30. The van der Waals surface area contributed by atoms with E-state index in [1.807, 2.05) is 30.3 Å². The zero-order valence-corrected chi connectivity index (χ0v) is 14.9. The Hall–Kier alpha value is -2.20. The van der Waals surface area contributed by atoms with Crippen molar-refractivity contribution < 1.29 is 9.18 Å². The third-order valence-electron chi connectivity index (χ3n) is 5.49. The van der Waals surface area contributed by atoms with Crippen molar-refractivity contribution in [1.82, 2.24) is 10.2 Å². The van der Waals surface area contributed by atoms with Gasteiger partial charge in [-0.1, -0.05) is 42.5 Å². The number of carbonyl (C=O) groups excluding carboxylic acids is 1. The Kier molecular flexibility index (Phi) is 5.02. The van der Waals surface area contributed by atoms with Gasteiger partial charge in [-0.05, 0) is 62.0 Å².